The molecule has 4 rings (SSSR count). The number of halogens is 1. The molecular formula is C24H30FN3O4S. The molecule has 0 saturated carbocycles. The first-order valence-corrected chi connectivity index (χ1v) is 12.9. The molecule has 2 aromatic carbocycles. The van der Waals surface area contributed by atoms with E-state index in [1.54, 1.807) is 12.1 Å². The number of hydrogen-bond donors (Lipinski definition) is 1. The molecule has 0 bridgehead atoms. The van der Waals surface area contributed by atoms with Crippen LogP contribution in [-0.4, -0.2) is 70.1 Å². The van der Waals surface area contributed by atoms with Gasteiger partial charge in [0.2, 0.25) is 0 Å². The molecule has 2 aliphatic rings. The van der Waals surface area contributed by atoms with E-state index in [4.69, 9.17) is 4.74 Å². The number of ether oxygens (including phenoxy) is 1. The van der Waals surface area contributed by atoms with E-state index in [1.807, 2.05) is 4.90 Å². The van der Waals surface area contributed by atoms with Gasteiger partial charge in [-0.25, -0.2) is 12.8 Å². The van der Waals surface area contributed by atoms with Crippen LogP contribution in [0.5, 0.6) is 0 Å². The molecule has 33 heavy (non-hydrogen) atoms. The molecule has 2 saturated heterocycles. The quantitative estimate of drug-likeness (QED) is 0.665. The van der Waals surface area contributed by atoms with Gasteiger partial charge in [-0.1, -0.05) is 0 Å². The van der Waals surface area contributed by atoms with Crippen LogP contribution in [0.4, 0.5) is 10.1 Å². The maximum atomic E-state index is 13.0. The highest BCUT2D eigenvalue weighted by molar-refractivity contribution is 7.92. The molecule has 7 nitrogen and oxygen atoms in total. The topological polar surface area (TPSA) is 79.0 Å². The number of amides is 1. The molecule has 2 aromatic rings. The summed E-state index contributed by atoms with van der Waals surface area (Å²) in [6.45, 7) is 6.16. The van der Waals surface area contributed by atoms with Crippen LogP contribution < -0.4 is 4.72 Å². The van der Waals surface area contributed by atoms with Crippen molar-refractivity contribution in [2.24, 2.45) is 5.92 Å². The highest BCUT2D eigenvalue weighted by atomic mass is 32.2. The van der Waals surface area contributed by atoms with Gasteiger partial charge in [-0.2, -0.15) is 0 Å². The van der Waals surface area contributed by atoms with Crippen molar-refractivity contribution in [3.8, 4) is 0 Å². The molecule has 0 unspecified atom stereocenters. The second-order valence-electron chi connectivity index (χ2n) is 8.62. The lowest BCUT2D eigenvalue weighted by Gasteiger charge is -2.34. The largest absolute Gasteiger partial charge is 0.379 e. The van der Waals surface area contributed by atoms with Gasteiger partial charge < -0.3 is 9.64 Å². The fourth-order valence-corrected chi connectivity index (χ4v) is 5.36. The molecule has 2 aliphatic heterocycles. The minimum absolute atomic E-state index is 0.0465. The molecule has 0 radical (unpaired) electrons. The van der Waals surface area contributed by atoms with E-state index in [2.05, 4.69) is 9.62 Å². The van der Waals surface area contributed by atoms with Gasteiger partial charge in [0.15, 0.2) is 0 Å². The molecule has 1 N–H and O–H groups in total. The first kappa shape index (κ1) is 23.7. The number of morpholine rings is 1. The van der Waals surface area contributed by atoms with E-state index < -0.39 is 15.8 Å². The molecule has 0 aromatic heterocycles. The van der Waals surface area contributed by atoms with Crippen LogP contribution >= 0.6 is 0 Å². The molecular weight excluding hydrogens is 445 g/mol. The van der Waals surface area contributed by atoms with Crippen LogP contribution in [0, 0.1) is 11.7 Å². The number of nitrogens with one attached hydrogen (secondary N) is 1. The van der Waals surface area contributed by atoms with Gasteiger partial charge >= 0.3 is 0 Å². The van der Waals surface area contributed by atoms with Crippen molar-refractivity contribution in [1.82, 2.24) is 9.80 Å². The molecule has 2 fully saturated rings. The second kappa shape index (κ2) is 10.6. The zero-order valence-electron chi connectivity index (χ0n) is 18.6. The summed E-state index contributed by atoms with van der Waals surface area (Å²) >= 11 is 0. The number of hydrogen-bond acceptors (Lipinski definition) is 5. The van der Waals surface area contributed by atoms with Crippen LogP contribution in [0.15, 0.2) is 53.4 Å². The minimum Gasteiger partial charge on any atom is -0.379 e. The van der Waals surface area contributed by atoms with Crippen molar-refractivity contribution >= 4 is 21.6 Å². The van der Waals surface area contributed by atoms with Gasteiger partial charge in [0.05, 0.1) is 18.1 Å². The Hall–Kier alpha value is -2.49. The Labute approximate surface area is 194 Å². The standard InChI is InChI=1S/C24H30FN3O4S/c25-21-3-5-22(6-4-21)26-33(30,31)23-7-1-20(2-8-23)24(29)28-13-10-19(11-14-28)9-12-27-15-17-32-18-16-27/h1-8,19,26H,9-18H2. The van der Waals surface area contributed by atoms with Crippen LogP contribution in [0.3, 0.4) is 0 Å². The summed E-state index contributed by atoms with van der Waals surface area (Å²) in [5.41, 5.74) is 0.746. The molecule has 0 aliphatic carbocycles. The summed E-state index contributed by atoms with van der Waals surface area (Å²) in [7, 11) is -3.83. The number of piperidine rings is 1. The molecule has 0 spiro atoms. The summed E-state index contributed by atoms with van der Waals surface area (Å²) in [6, 6.07) is 11.0. The van der Waals surface area contributed by atoms with Crippen molar-refractivity contribution in [3.63, 3.8) is 0 Å². The Morgan fingerprint density at radius 2 is 1.61 bits per heavy atom. The summed E-state index contributed by atoms with van der Waals surface area (Å²) in [5.74, 6) is 0.112. The summed E-state index contributed by atoms with van der Waals surface area (Å²) in [5, 5.41) is 0. The van der Waals surface area contributed by atoms with Gasteiger partial charge in [-0.15, -0.1) is 0 Å². The zero-order valence-corrected chi connectivity index (χ0v) is 19.4. The van der Waals surface area contributed by atoms with Crippen molar-refractivity contribution in [2.75, 3.05) is 50.7 Å². The average Bonchev–Trinajstić information content (AvgIpc) is 2.85. The van der Waals surface area contributed by atoms with Crippen LogP contribution in [0.2, 0.25) is 0 Å². The van der Waals surface area contributed by atoms with Gasteiger partial charge in [-0.3, -0.25) is 14.4 Å². The molecule has 2 heterocycles. The Morgan fingerprint density at radius 1 is 0.970 bits per heavy atom. The summed E-state index contributed by atoms with van der Waals surface area (Å²) in [6.07, 6.45) is 3.13. The van der Waals surface area contributed by atoms with Crippen LogP contribution in [0.25, 0.3) is 0 Å². The predicted octanol–water partition coefficient (Wildman–Crippen LogP) is 3.20. The fourth-order valence-electron chi connectivity index (χ4n) is 4.31. The Kier molecular flexibility index (Phi) is 7.62. The third kappa shape index (κ3) is 6.31. The average molecular weight is 476 g/mol. The van der Waals surface area contributed by atoms with Crippen molar-refractivity contribution in [3.05, 3.63) is 59.9 Å². The van der Waals surface area contributed by atoms with E-state index in [9.17, 15) is 17.6 Å². The molecule has 178 valence electrons. The van der Waals surface area contributed by atoms with E-state index in [1.165, 1.54) is 36.4 Å². The van der Waals surface area contributed by atoms with Crippen molar-refractivity contribution in [1.29, 1.82) is 0 Å². The molecule has 9 heteroatoms. The highest BCUT2D eigenvalue weighted by Gasteiger charge is 2.25. The number of nitrogens with zero attached hydrogens (tertiary/aromatic N) is 2. The number of benzene rings is 2. The maximum absolute atomic E-state index is 13.0. The number of rotatable bonds is 7. The SMILES string of the molecule is O=C(c1ccc(S(=O)(=O)Nc2ccc(F)cc2)cc1)N1CCC(CCN2CCOCC2)CC1. The first-order chi connectivity index (χ1) is 15.9. The third-order valence-electron chi connectivity index (χ3n) is 6.37. The summed E-state index contributed by atoms with van der Waals surface area (Å²) < 4.78 is 46.0. The monoisotopic (exact) mass is 475 g/mol. The molecule has 1 amide bonds. The maximum Gasteiger partial charge on any atom is 0.261 e. The van der Waals surface area contributed by atoms with E-state index in [0.29, 0.717) is 11.5 Å². The Balaban J connectivity index is 1.28. The third-order valence-corrected chi connectivity index (χ3v) is 7.76. The van der Waals surface area contributed by atoms with E-state index >= 15 is 0 Å². The Morgan fingerprint density at radius 3 is 2.24 bits per heavy atom. The van der Waals surface area contributed by atoms with Gasteiger partial charge in [-0.05, 0) is 80.3 Å². The minimum atomic E-state index is -3.83. The number of sulfonamides is 1. The number of likely N-dealkylation sites (tertiary alicyclic amines) is 1. The molecule has 0 atom stereocenters. The first-order valence-electron chi connectivity index (χ1n) is 11.4. The lowest BCUT2D eigenvalue weighted by molar-refractivity contribution is 0.0332. The lowest BCUT2D eigenvalue weighted by atomic mass is 9.93. The second-order valence-corrected chi connectivity index (χ2v) is 10.3. The smallest absolute Gasteiger partial charge is 0.261 e. The highest BCUT2D eigenvalue weighted by Crippen LogP contribution is 2.23. The van der Waals surface area contributed by atoms with Crippen LogP contribution in [0.1, 0.15) is 29.6 Å². The van der Waals surface area contributed by atoms with Crippen LogP contribution in [-0.2, 0) is 14.8 Å². The lowest BCUT2D eigenvalue weighted by Crippen LogP contribution is -2.40. The van der Waals surface area contributed by atoms with Gasteiger partial charge in [0, 0.05) is 37.4 Å². The van der Waals surface area contributed by atoms with Crippen molar-refractivity contribution in [2.45, 2.75) is 24.2 Å². The number of carbonyl (C=O) groups is 1. The van der Waals surface area contributed by atoms with E-state index in [-0.39, 0.29) is 16.5 Å². The normalized spacial score (nSPS) is 18.3. The van der Waals surface area contributed by atoms with E-state index in [0.717, 1.165) is 65.2 Å². The van der Waals surface area contributed by atoms with Gasteiger partial charge in [0.1, 0.15) is 5.82 Å². The van der Waals surface area contributed by atoms with Crippen molar-refractivity contribution < 1.29 is 22.3 Å². The Bertz CT molecular complexity index is 1030. The fraction of sp³-hybridized carbons (Fsp3) is 0.458. The predicted molar refractivity (Wildman–Crippen MR) is 124 cm³/mol. The number of anilines is 1. The van der Waals surface area contributed by atoms with Gasteiger partial charge in [0.25, 0.3) is 15.9 Å². The zero-order chi connectivity index (χ0) is 23.3. The number of carbonyl (C=O) groups excluding carboxylic acids is 1. The summed E-state index contributed by atoms with van der Waals surface area (Å²) in [4.78, 5) is 17.2.